The number of aliphatic hydroxyl groups is 1. The second-order valence-corrected chi connectivity index (χ2v) is 4.77. The van der Waals surface area contributed by atoms with E-state index in [0.29, 0.717) is 6.07 Å². The minimum absolute atomic E-state index is 0.140. The molecular formula is C13H7BrF4O. The van der Waals surface area contributed by atoms with Crippen LogP contribution in [-0.2, 0) is 0 Å². The minimum atomic E-state index is -1.72. The molecule has 2 aromatic rings. The molecule has 0 aliphatic carbocycles. The topological polar surface area (TPSA) is 20.2 Å². The van der Waals surface area contributed by atoms with Gasteiger partial charge in [0.1, 0.15) is 17.7 Å². The van der Waals surface area contributed by atoms with Gasteiger partial charge in [-0.2, -0.15) is 0 Å². The predicted molar refractivity (Wildman–Crippen MR) is 64.5 cm³/mol. The third-order valence-electron chi connectivity index (χ3n) is 2.58. The van der Waals surface area contributed by atoms with Gasteiger partial charge >= 0.3 is 0 Å². The Balaban J connectivity index is 2.49. The molecule has 0 heterocycles. The van der Waals surface area contributed by atoms with Crippen molar-refractivity contribution in [2.75, 3.05) is 0 Å². The van der Waals surface area contributed by atoms with Gasteiger partial charge in [0.15, 0.2) is 11.6 Å². The molecule has 0 saturated heterocycles. The lowest BCUT2D eigenvalue weighted by atomic mass is 10.0. The van der Waals surface area contributed by atoms with E-state index in [-0.39, 0.29) is 10.0 Å². The highest BCUT2D eigenvalue weighted by Crippen LogP contribution is 2.29. The molecule has 6 heteroatoms. The molecule has 0 saturated carbocycles. The fraction of sp³-hybridized carbons (Fsp3) is 0.0769. The van der Waals surface area contributed by atoms with Gasteiger partial charge in [0.2, 0.25) is 0 Å². The van der Waals surface area contributed by atoms with Gasteiger partial charge in [-0.3, -0.25) is 0 Å². The van der Waals surface area contributed by atoms with Crippen molar-refractivity contribution in [2.24, 2.45) is 0 Å². The molecule has 1 unspecified atom stereocenters. The monoisotopic (exact) mass is 334 g/mol. The van der Waals surface area contributed by atoms with Gasteiger partial charge in [-0.1, -0.05) is 22.0 Å². The van der Waals surface area contributed by atoms with Crippen LogP contribution in [0, 0.1) is 23.3 Å². The maximum Gasteiger partial charge on any atom is 0.159 e. The van der Waals surface area contributed by atoms with E-state index in [9.17, 15) is 22.7 Å². The summed E-state index contributed by atoms with van der Waals surface area (Å²) in [5.41, 5.74) is -0.756. The Morgan fingerprint density at radius 1 is 0.842 bits per heavy atom. The first kappa shape index (κ1) is 14.0. The summed E-state index contributed by atoms with van der Waals surface area (Å²) in [5, 5.41) is 9.88. The van der Waals surface area contributed by atoms with Crippen LogP contribution >= 0.6 is 15.9 Å². The molecule has 0 amide bonds. The number of halogens is 5. The molecular weight excluding hydrogens is 328 g/mol. The lowest BCUT2D eigenvalue weighted by Crippen LogP contribution is -2.06. The van der Waals surface area contributed by atoms with Gasteiger partial charge in [0, 0.05) is 4.47 Å². The predicted octanol–water partition coefficient (Wildman–Crippen LogP) is 4.09. The van der Waals surface area contributed by atoms with Crippen LogP contribution in [0.4, 0.5) is 17.6 Å². The Labute approximate surface area is 114 Å². The van der Waals surface area contributed by atoms with E-state index < -0.39 is 34.9 Å². The van der Waals surface area contributed by atoms with E-state index in [0.717, 1.165) is 24.3 Å². The largest absolute Gasteiger partial charge is 0.383 e. The number of rotatable bonds is 2. The molecule has 1 N–H and O–H groups in total. The summed E-state index contributed by atoms with van der Waals surface area (Å²) >= 11 is 2.90. The standard InChI is InChI=1S/C13H7BrF4O/c14-7-4-10(17)12(11(18)5-7)13(19)6-1-2-8(15)9(16)3-6/h1-5,13,19H. The third-order valence-corrected chi connectivity index (χ3v) is 3.03. The van der Waals surface area contributed by atoms with Gasteiger partial charge < -0.3 is 5.11 Å². The zero-order valence-electron chi connectivity index (χ0n) is 9.30. The van der Waals surface area contributed by atoms with Gasteiger partial charge in [-0.25, -0.2) is 17.6 Å². The van der Waals surface area contributed by atoms with Crippen LogP contribution in [-0.4, -0.2) is 5.11 Å². The summed E-state index contributed by atoms with van der Waals surface area (Å²) in [6.45, 7) is 0. The van der Waals surface area contributed by atoms with E-state index in [1.54, 1.807) is 0 Å². The second-order valence-electron chi connectivity index (χ2n) is 3.86. The smallest absolute Gasteiger partial charge is 0.159 e. The van der Waals surface area contributed by atoms with Crippen molar-refractivity contribution in [1.29, 1.82) is 0 Å². The summed E-state index contributed by atoms with van der Waals surface area (Å²) in [6, 6.07) is 4.48. The molecule has 0 fully saturated rings. The summed E-state index contributed by atoms with van der Waals surface area (Å²) in [6.07, 6.45) is -1.72. The molecule has 0 radical (unpaired) electrons. The highest BCUT2D eigenvalue weighted by Gasteiger charge is 2.21. The molecule has 19 heavy (non-hydrogen) atoms. The Hall–Kier alpha value is -1.40. The lowest BCUT2D eigenvalue weighted by Gasteiger charge is -2.14. The van der Waals surface area contributed by atoms with Gasteiger partial charge in [-0.15, -0.1) is 0 Å². The summed E-state index contributed by atoms with van der Waals surface area (Å²) in [4.78, 5) is 0. The highest BCUT2D eigenvalue weighted by atomic mass is 79.9. The highest BCUT2D eigenvalue weighted by molar-refractivity contribution is 9.10. The van der Waals surface area contributed by atoms with E-state index in [4.69, 9.17) is 0 Å². The molecule has 2 aromatic carbocycles. The summed E-state index contributed by atoms with van der Waals surface area (Å²) in [5.74, 6) is -4.27. The Kier molecular flexibility index (Phi) is 3.91. The van der Waals surface area contributed by atoms with Crippen LogP contribution < -0.4 is 0 Å². The first-order chi connectivity index (χ1) is 8.90. The zero-order valence-corrected chi connectivity index (χ0v) is 10.9. The third kappa shape index (κ3) is 2.79. The van der Waals surface area contributed by atoms with Crippen molar-refractivity contribution < 1.29 is 22.7 Å². The Morgan fingerprint density at radius 2 is 1.42 bits per heavy atom. The average molecular weight is 335 g/mol. The van der Waals surface area contributed by atoms with Crippen molar-refractivity contribution in [3.63, 3.8) is 0 Å². The molecule has 0 aliphatic rings. The van der Waals surface area contributed by atoms with Crippen LogP contribution in [0.5, 0.6) is 0 Å². The molecule has 1 atom stereocenters. The number of hydrogen-bond donors (Lipinski definition) is 1. The van der Waals surface area contributed by atoms with Crippen molar-refractivity contribution in [3.8, 4) is 0 Å². The van der Waals surface area contributed by atoms with Crippen LogP contribution in [0.3, 0.4) is 0 Å². The van der Waals surface area contributed by atoms with Crippen molar-refractivity contribution in [1.82, 2.24) is 0 Å². The summed E-state index contributed by atoms with van der Waals surface area (Å²) < 4.78 is 53.2. The van der Waals surface area contributed by atoms with Crippen LogP contribution in [0.15, 0.2) is 34.8 Å². The number of aliphatic hydroxyl groups excluding tert-OH is 1. The molecule has 0 aliphatic heterocycles. The van der Waals surface area contributed by atoms with Gasteiger partial charge in [0.05, 0.1) is 5.56 Å². The average Bonchev–Trinajstić information content (AvgIpc) is 2.31. The van der Waals surface area contributed by atoms with E-state index in [2.05, 4.69) is 15.9 Å². The first-order valence-electron chi connectivity index (χ1n) is 5.17. The van der Waals surface area contributed by atoms with Crippen LogP contribution in [0.2, 0.25) is 0 Å². The number of hydrogen-bond acceptors (Lipinski definition) is 1. The fourth-order valence-corrected chi connectivity index (χ4v) is 2.07. The van der Waals surface area contributed by atoms with Crippen molar-refractivity contribution in [2.45, 2.75) is 6.10 Å². The summed E-state index contributed by atoms with van der Waals surface area (Å²) in [7, 11) is 0. The van der Waals surface area contributed by atoms with Crippen LogP contribution in [0.25, 0.3) is 0 Å². The molecule has 1 nitrogen and oxygen atoms in total. The minimum Gasteiger partial charge on any atom is -0.383 e. The normalized spacial score (nSPS) is 12.5. The maximum absolute atomic E-state index is 13.6. The SMILES string of the molecule is OC(c1ccc(F)c(F)c1)c1c(F)cc(Br)cc1F. The second kappa shape index (κ2) is 5.30. The quantitative estimate of drug-likeness (QED) is 0.820. The van der Waals surface area contributed by atoms with Crippen molar-refractivity contribution in [3.05, 3.63) is 69.2 Å². The zero-order chi connectivity index (χ0) is 14.2. The van der Waals surface area contributed by atoms with E-state index >= 15 is 0 Å². The van der Waals surface area contributed by atoms with Gasteiger partial charge in [0.25, 0.3) is 0 Å². The van der Waals surface area contributed by atoms with Gasteiger partial charge in [-0.05, 0) is 29.8 Å². The Morgan fingerprint density at radius 3 is 1.95 bits per heavy atom. The van der Waals surface area contributed by atoms with E-state index in [1.165, 1.54) is 0 Å². The molecule has 0 spiro atoms. The molecule has 0 aromatic heterocycles. The molecule has 2 rings (SSSR count). The number of benzene rings is 2. The van der Waals surface area contributed by atoms with E-state index in [1.807, 2.05) is 0 Å². The Bertz CT molecular complexity index is 607. The van der Waals surface area contributed by atoms with Crippen LogP contribution in [0.1, 0.15) is 17.2 Å². The van der Waals surface area contributed by atoms with Crippen molar-refractivity contribution >= 4 is 15.9 Å². The first-order valence-corrected chi connectivity index (χ1v) is 5.97. The fourth-order valence-electron chi connectivity index (χ4n) is 1.66. The molecule has 0 bridgehead atoms. The maximum atomic E-state index is 13.6. The lowest BCUT2D eigenvalue weighted by molar-refractivity contribution is 0.208. The molecule has 100 valence electrons.